The summed E-state index contributed by atoms with van der Waals surface area (Å²) in [7, 11) is 0. The maximum atomic E-state index is 13.5. The quantitative estimate of drug-likeness (QED) is 0.813. The van der Waals surface area contributed by atoms with E-state index >= 15 is 0 Å². The summed E-state index contributed by atoms with van der Waals surface area (Å²) in [6.45, 7) is 1.93. The second kappa shape index (κ2) is 7.75. The van der Waals surface area contributed by atoms with Crippen molar-refractivity contribution >= 4 is 34.1 Å². The zero-order chi connectivity index (χ0) is 19.6. The van der Waals surface area contributed by atoms with Crippen LogP contribution in [-0.2, 0) is 22.6 Å². The Labute approximate surface area is 158 Å². The lowest BCUT2D eigenvalue weighted by Gasteiger charge is -2.25. The van der Waals surface area contributed by atoms with E-state index in [-0.39, 0.29) is 17.2 Å². The molecule has 1 aromatic carbocycles. The minimum absolute atomic E-state index is 0.0367. The first-order valence-electron chi connectivity index (χ1n) is 8.24. The highest BCUT2D eigenvalue weighted by Gasteiger charge is 2.28. The second-order valence-electron chi connectivity index (χ2n) is 6.03. The monoisotopic (exact) mass is 391 g/mol. The number of nitrogens with one attached hydrogen (secondary N) is 1. The Morgan fingerprint density at radius 1 is 1.33 bits per heavy atom. The molecule has 1 aliphatic heterocycles. The minimum atomic E-state index is -0.644. The van der Waals surface area contributed by atoms with Crippen LogP contribution in [0.2, 0.25) is 0 Å². The number of thiophene rings is 1. The van der Waals surface area contributed by atoms with Gasteiger partial charge in [0, 0.05) is 18.3 Å². The number of ether oxygens (including phenoxy) is 1. The number of halogens is 1. The number of hydrogen-bond acceptors (Lipinski definition) is 5. The molecule has 0 atom stereocenters. The molecule has 27 heavy (non-hydrogen) atoms. The molecule has 2 heterocycles. The summed E-state index contributed by atoms with van der Waals surface area (Å²) >= 11 is 1.21. The molecule has 0 radical (unpaired) electrons. The van der Waals surface area contributed by atoms with Crippen LogP contribution < -0.4 is 15.8 Å². The Morgan fingerprint density at radius 3 is 2.74 bits per heavy atom. The van der Waals surface area contributed by atoms with E-state index in [2.05, 4.69) is 5.32 Å². The van der Waals surface area contributed by atoms with Gasteiger partial charge in [-0.05, 0) is 24.1 Å². The van der Waals surface area contributed by atoms with Gasteiger partial charge in [-0.2, -0.15) is 0 Å². The molecule has 1 aliphatic rings. The summed E-state index contributed by atoms with van der Waals surface area (Å²) in [5.74, 6) is -1.85. The topological polar surface area (TPSA) is 102 Å². The van der Waals surface area contributed by atoms with Gasteiger partial charge < -0.3 is 20.7 Å². The maximum Gasteiger partial charge on any atom is 0.262 e. The number of hydrogen-bond donors (Lipinski definition) is 2. The Bertz CT molecular complexity index is 912. The molecule has 0 bridgehead atoms. The number of nitrogens with zero attached hydrogens (tertiary/aromatic N) is 1. The van der Waals surface area contributed by atoms with E-state index in [1.54, 1.807) is 11.0 Å². The average molecular weight is 391 g/mol. The number of carbonyl (C=O) groups excluding carboxylic acids is 3. The molecule has 0 spiro atoms. The lowest BCUT2D eigenvalue weighted by atomic mass is 10.0. The number of amides is 3. The first-order chi connectivity index (χ1) is 12.9. The lowest BCUT2D eigenvalue weighted by Crippen LogP contribution is -2.34. The molecular formula is C18H18FN3O4S. The number of anilines is 1. The summed E-state index contributed by atoms with van der Waals surface area (Å²) in [6.07, 6.45) is 0.491. The third-order valence-electron chi connectivity index (χ3n) is 4.20. The summed E-state index contributed by atoms with van der Waals surface area (Å²) in [5.41, 5.74) is 6.51. The molecule has 142 valence electrons. The molecular weight excluding hydrogens is 373 g/mol. The van der Waals surface area contributed by atoms with Crippen LogP contribution in [0.15, 0.2) is 24.3 Å². The maximum absolute atomic E-state index is 13.5. The number of para-hydroxylation sites is 1. The number of nitrogens with two attached hydrogens (primary N) is 1. The largest absolute Gasteiger partial charge is 0.481 e. The Balaban J connectivity index is 1.74. The van der Waals surface area contributed by atoms with Crippen molar-refractivity contribution in [1.29, 1.82) is 0 Å². The molecule has 0 fully saturated rings. The highest BCUT2D eigenvalue weighted by molar-refractivity contribution is 7.17. The third-order valence-corrected chi connectivity index (χ3v) is 5.33. The molecule has 0 saturated heterocycles. The van der Waals surface area contributed by atoms with Gasteiger partial charge in [0.2, 0.25) is 5.91 Å². The lowest BCUT2D eigenvalue weighted by molar-refractivity contribution is -0.129. The van der Waals surface area contributed by atoms with Crippen LogP contribution >= 0.6 is 11.3 Å². The van der Waals surface area contributed by atoms with Crippen molar-refractivity contribution in [3.05, 3.63) is 46.1 Å². The SMILES string of the molecule is CC(=O)N1CCc2c(sc(NC(=O)COc3ccccc3F)c2C(N)=O)C1. The van der Waals surface area contributed by atoms with E-state index in [1.807, 2.05) is 0 Å². The van der Waals surface area contributed by atoms with Gasteiger partial charge in [-0.15, -0.1) is 11.3 Å². The molecule has 3 rings (SSSR count). The van der Waals surface area contributed by atoms with Crippen LogP contribution in [0.1, 0.15) is 27.7 Å². The zero-order valence-electron chi connectivity index (χ0n) is 14.6. The van der Waals surface area contributed by atoms with Gasteiger partial charge in [0.15, 0.2) is 18.2 Å². The van der Waals surface area contributed by atoms with Crippen molar-refractivity contribution in [2.45, 2.75) is 19.9 Å². The number of carbonyl (C=O) groups is 3. The van der Waals surface area contributed by atoms with E-state index in [9.17, 15) is 18.8 Å². The minimum Gasteiger partial charge on any atom is -0.481 e. The van der Waals surface area contributed by atoms with Gasteiger partial charge in [-0.3, -0.25) is 14.4 Å². The van der Waals surface area contributed by atoms with Crippen molar-refractivity contribution in [1.82, 2.24) is 4.90 Å². The van der Waals surface area contributed by atoms with Gasteiger partial charge in [-0.1, -0.05) is 12.1 Å². The Kier molecular flexibility index (Phi) is 5.41. The summed E-state index contributed by atoms with van der Waals surface area (Å²) in [5, 5.41) is 2.93. The summed E-state index contributed by atoms with van der Waals surface area (Å²) in [6, 6.07) is 5.75. The van der Waals surface area contributed by atoms with Crippen LogP contribution in [0, 0.1) is 5.82 Å². The van der Waals surface area contributed by atoms with Gasteiger partial charge in [-0.25, -0.2) is 4.39 Å². The molecule has 0 saturated carbocycles. The van der Waals surface area contributed by atoms with Gasteiger partial charge in [0.1, 0.15) is 5.00 Å². The first-order valence-corrected chi connectivity index (χ1v) is 9.05. The van der Waals surface area contributed by atoms with Crippen LogP contribution in [0.3, 0.4) is 0 Å². The average Bonchev–Trinajstić information content (AvgIpc) is 2.97. The van der Waals surface area contributed by atoms with E-state index in [0.29, 0.717) is 24.5 Å². The van der Waals surface area contributed by atoms with E-state index in [0.717, 1.165) is 10.4 Å². The Hall–Kier alpha value is -2.94. The summed E-state index contributed by atoms with van der Waals surface area (Å²) in [4.78, 5) is 38.1. The molecule has 0 unspecified atom stereocenters. The van der Waals surface area contributed by atoms with E-state index in [1.165, 1.54) is 36.5 Å². The fraction of sp³-hybridized carbons (Fsp3) is 0.278. The smallest absolute Gasteiger partial charge is 0.262 e. The van der Waals surface area contributed by atoms with Crippen molar-refractivity contribution in [3.8, 4) is 5.75 Å². The second-order valence-corrected chi connectivity index (χ2v) is 7.14. The molecule has 2 aromatic rings. The number of fused-ring (bicyclic) bond motifs is 1. The van der Waals surface area contributed by atoms with Gasteiger partial charge in [0.25, 0.3) is 11.8 Å². The van der Waals surface area contributed by atoms with Crippen molar-refractivity contribution in [2.75, 3.05) is 18.5 Å². The van der Waals surface area contributed by atoms with Gasteiger partial charge >= 0.3 is 0 Å². The zero-order valence-corrected chi connectivity index (χ0v) is 15.4. The number of benzene rings is 1. The van der Waals surface area contributed by atoms with Gasteiger partial charge in [0.05, 0.1) is 12.1 Å². The molecule has 3 N–H and O–H groups in total. The van der Waals surface area contributed by atoms with Crippen molar-refractivity contribution in [2.24, 2.45) is 5.73 Å². The third kappa shape index (κ3) is 4.08. The van der Waals surface area contributed by atoms with Crippen LogP contribution in [0.25, 0.3) is 0 Å². The fourth-order valence-electron chi connectivity index (χ4n) is 2.89. The molecule has 9 heteroatoms. The number of primary amides is 1. The highest BCUT2D eigenvalue weighted by Crippen LogP contribution is 2.37. The predicted octanol–water partition coefficient (Wildman–Crippen LogP) is 1.91. The Morgan fingerprint density at radius 2 is 2.07 bits per heavy atom. The predicted molar refractivity (Wildman–Crippen MR) is 98.2 cm³/mol. The van der Waals surface area contributed by atoms with Crippen LogP contribution in [-0.4, -0.2) is 35.8 Å². The number of rotatable bonds is 5. The van der Waals surface area contributed by atoms with Crippen LogP contribution in [0.5, 0.6) is 5.75 Å². The molecule has 1 aromatic heterocycles. The molecule has 0 aliphatic carbocycles. The van der Waals surface area contributed by atoms with E-state index in [4.69, 9.17) is 10.5 Å². The molecule has 7 nitrogen and oxygen atoms in total. The van der Waals surface area contributed by atoms with Crippen LogP contribution in [0.4, 0.5) is 9.39 Å². The standard InChI is InChI=1S/C18H18FN3O4S/c1-10(23)22-7-6-11-14(8-22)27-18(16(11)17(20)25)21-15(24)9-26-13-5-3-2-4-12(13)19/h2-5H,6-9H2,1H3,(H2,20,25)(H,21,24). The van der Waals surface area contributed by atoms with Crippen molar-refractivity contribution < 1.29 is 23.5 Å². The van der Waals surface area contributed by atoms with E-state index < -0.39 is 24.2 Å². The fourth-order valence-corrected chi connectivity index (χ4v) is 4.17. The van der Waals surface area contributed by atoms with Crippen molar-refractivity contribution in [3.63, 3.8) is 0 Å². The first kappa shape index (κ1) is 18.8. The molecule has 3 amide bonds. The normalized spacial score (nSPS) is 13.0. The summed E-state index contributed by atoms with van der Waals surface area (Å²) < 4.78 is 18.7. The highest BCUT2D eigenvalue weighted by atomic mass is 32.1.